The smallest absolute Gasteiger partial charge is 0.223 e. The summed E-state index contributed by atoms with van der Waals surface area (Å²) in [6.45, 7) is 7.90. The van der Waals surface area contributed by atoms with Crippen molar-refractivity contribution < 1.29 is 4.39 Å². The molecule has 2 heterocycles. The lowest BCUT2D eigenvalue weighted by Crippen LogP contribution is -2.23. The molecule has 1 unspecified atom stereocenters. The van der Waals surface area contributed by atoms with Crippen LogP contribution in [0.5, 0.6) is 0 Å². The maximum Gasteiger partial charge on any atom is 0.223 e. The quantitative estimate of drug-likeness (QED) is 0.354. The number of allylic oxidation sites excluding steroid dienone is 3. The molecule has 1 saturated carbocycles. The van der Waals surface area contributed by atoms with Gasteiger partial charge < -0.3 is 10.6 Å². The molecule has 0 bridgehead atoms. The van der Waals surface area contributed by atoms with E-state index in [1.807, 2.05) is 31.6 Å². The fraction of sp³-hybridized carbons (Fsp3) is 0.345. The predicted octanol–water partition coefficient (Wildman–Crippen LogP) is 6.17. The third kappa shape index (κ3) is 6.27. The SMILES string of the molecule is C=CN/C=C\C(=C/C(c1ccc(C)c(C)c1)c1cnn(C)c1)c1nc(NC2CCCCC2)ncc1F. The molecular weight excluding hydrogens is 451 g/mol. The van der Waals surface area contributed by atoms with E-state index in [0.717, 1.165) is 24.0 Å². The van der Waals surface area contributed by atoms with Crippen molar-refractivity contribution in [2.75, 3.05) is 5.32 Å². The fourth-order valence-corrected chi connectivity index (χ4v) is 4.61. The minimum atomic E-state index is -0.469. The van der Waals surface area contributed by atoms with E-state index < -0.39 is 5.82 Å². The minimum Gasteiger partial charge on any atom is -0.368 e. The van der Waals surface area contributed by atoms with E-state index in [9.17, 15) is 0 Å². The summed E-state index contributed by atoms with van der Waals surface area (Å²) in [7, 11) is 1.90. The summed E-state index contributed by atoms with van der Waals surface area (Å²) in [5, 5.41) is 10.8. The Balaban J connectivity index is 1.79. The standard InChI is InChI=1S/C29H35FN6/c1-5-31-14-13-23(28-27(30)18-32-29(35-28)34-25-9-7-6-8-10-25)16-26(24-17-33-36(4)19-24)22-12-11-20(2)21(3)15-22/h5,11-19,25-26,31H,1,6-10H2,2-4H3,(H,32,34,35)/b14-13-,23-16+. The molecule has 0 radical (unpaired) electrons. The van der Waals surface area contributed by atoms with Crippen LogP contribution in [0.2, 0.25) is 0 Å². The first-order valence-corrected chi connectivity index (χ1v) is 12.5. The van der Waals surface area contributed by atoms with E-state index in [4.69, 9.17) is 0 Å². The lowest BCUT2D eigenvalue weighted by Gasteiger charge is -2.23. The van der Waals surface area contributed by atoms with Gasteiger partial charge in [0.1, 0.15) is 5.69 Å². The van der Waals surface area contributed by atoms with E-state index in [0.29, 0.717) is 17.6 Å². The van der Waals surface area contributed by atoms with E-state index in [-0.39, 0.29) is 11.6 Å². The molecule has 188 valence electrons. The Bertz CT molecular complexity index is 1250. The van der Waals surface area contributed by atoms with Crippen LogP contribution in [-0.2, 0) is 7.05 Å². The zero-order valence-electron chi connectivity index (χ0n) is 21.3. The number of aryl methyl sites for hydroxylation is 3. The first-order chi connectivity index (χ1) is 17.4. The lowest BCUT2D eigenvalue weighted by molar-refractivity contribution is 0.460. The molecular formula is C29H35FN6. The van der Waals surface area contributed by atoms with Gasteiger partial charge in [0.25, 0.3) is 0 Å². The Kier molecular flexibility index (Phi) is 8.31. The number of hydrogen-bond acceptors (Lipinski definition) is 5. The highest BCUT2D eigenvalue weighted by atomic mass is 19.1. The van der Waals surface area contributed by atoms with Crippen LogP contribution < -0.4 is 10.6 Å². The zero-order chi connectivity index (χ0) is 25.5. The van der Waals surface area contributed by atoms with Gasteiger partial charge in [-0.05, 0) is 55.7 Å². The molecule has 36 heavy (non-hydrogen) atoms. The van der Waals surface area contributed by atoms with Crippen molar-refractivity contribution in [3.8, 4) is 0 Å². The molecule has 2 aromatic heterocycles. The van der Waals surface area contributed by atoms with Crippen LogP contribution in [0.1, 0.15) is 66.0 Å². The predicted molar refractivity (Wildman–Crippen MR) is 144 cm³/mol. The maximum atomic E-state index is 15.2. The molecule has 2 N–H and O–H groups in total. The second-order valence-electron chi connectivity index (χ2n) is 9.46. The molecule has 1 atom stereocenters. The van der Waals surface area contributed by atoms with Crippen molar-refractivity contribution in [2.45, 2.75) is 57.9 Å². The average molecular weight is 487 g/mol. The number of halogens is 1. The Hall–Kier alpha value is -3.74. The average Bonchev–Trinajstić information content (AvgIpc) is 3.31. The summed E-state index contributed by atoms with van der Waals surface area (Å²) in [6, 6.07) is 6.74. The first kappa shape index (κ1) is 25.4. The molecule has 1 aromatic carbocycles. The molecule has 1 fully saturated rings. The topological polar surface area (TPSA) is 67.7 Å². The number of hydrogen-bond donors (Lipinski definition) is 2. The number of anilines is 1. The van der Waals surface area contributed by atoms with Gasteiger partial charge in [-0.15, -0.1) is 0 Å². The summed E-state index contributed by atoms with van der Waals surface area (Å²) in [4.78, 5) is 8.87. The third-order valence-corrected chi connectivity index (χ3v) is 6.75. The Morgan fingerprint density at radius 2 is 1.94 bits per heavy atom. The maximum absolute atomic E-state index is 15.2. The van der Waals surface area contributed by atoms with Crippen LogP contribution in [0.15, 0.2) is 67.9 Å². The summed E-state index contributed by atoms with van der Waals surface area (Å²) in [5.74, 6) is -0.160. The van der Waals surface area contributed by atoms with E-state index in [1.54, 1.807) is 17.1 Å². The summed E-state index contributed by atoms with van der Waals surface area (Å²) in [5.41, 5.74) is 5.43. The molecule has 0 aliphatic heterocycles. The molecule has 0 saturated heterocycles. The monoisotopic (exact) mass is 486 g/mol. The van der Waals surface area contributed by atoms with Gasteiger partial charge in [-0.3, -0.25) is 4.68 Å². The van der Waals surface area contributed by atoms with Gasteiger partial charge in [-0.1, -0.05) is 50.1 Å². The molecule has 0 spiro atoms. The van der Waals surface area contributed by atoms with Crippen LogP contribution in [0, 0.1) is 19.7 Å². The van der Waals surface area contributed by atoms with Gasteiger partial charge in [0.2, 0.25) is 5.95 Å². The summed E-state index contributed by atoms with van der Waals surface area (Å²) < 4.78 is 17.0. The highest BCUT2D eigenvalue weighted by Crippen LogP contribution is 2.32. The van der Waals surface area contributed by atoms with E-state index in [2.05, 4.69) is 64.3 Å². The van der Waals surface area contributed by atoms with Crippen LogP contribution in [0.4, 0.5) is 10.3 Å². The van der Waals surface area contributed by atoms with Crippen molar-refractivity contribution in [1.29, 1.82) is 0 Å². The van der Waals surface area contributed by atoms with Crippen molar-refractivity contribution in [3.05, 3.63) is 102 Å². The highest BCUT2D eigenvalue weighted by molar-refractivity contribution is 5.74. The summed E-state index contributed by atoms with van der Waals surface area (Å²) >= 11 is 0. The van der Waals surface area contributed by atoms with Gasteiger partial charge in [0, 0.05) is 42.5 Å². The van der Waals surface area contributed by atoms with Crippen molar-refractivity contribution in [1.82, 2.24) is 25.1 Å². The van der Waals surface area contributed by atoms with Crippen LogP contribution >= 0.6 is 0 Å². The third-order valence-electron chi connectivity index (χ3n) is 6.75. The first-order valence-electron chi connectivity index (χ1n) is 12.5. The van der Waals surface area contributed by atoms with Crippen LogP contribution in [0.25, 0.3) is 5.57 Å². The largest absolute Gasteiger partial charge is 0.368 e. The molecule has 4 rings (SSSR count). The number of nitrogens with one attached hydrogen (secondary N) is 2. The van der Waals surface area contributed by atoms with Crippen molar-refractivity contribution in [2.24, 2.45) is 7.05 Å². The highest BCUT2D eigenvalue weighted by Gasteiger charge is 2.20. The van der Waals surface area contributed by atoms with Gasteiger partial charge in [-0.2, -0.15) is 5.10 Å². The van der Waals surface area contributed by atoms with Crippen LogP contribution in [-0.4, -0.2) is 25.8 Å². The van der Waals surface area contributed by atoms with Crippen molar-refractivity contribution in [3.63, 3.8) is 0 Å². The number of aromatic nitrogens is 4. The fourth-order valence-electron chi connectivity index (χ4n) is 4.61. The van der Waals surface area contributed by atoms with Crippen molar-refractivity contribution >= 4 is 11.5 Å². The van der Waals surface area contributed by atoms with Gasteiger partial charge >= 0.3 is 0 Å². The Labute approximate surface area is 213 Å². The van der Waals surface area contributed by atoms with Gasteiger partial charge in [0.05, 0.1) is 12.4 Å². The minimum absolute atomic E-state index is 0.148. The zero-order valence-corrected chi connectivity index (χ0v) is 21.3. The summed E-state index contributed by atoms with van der Waals surface area (Å²) in [6.07, 6.45) is 18.1. The molecule has 1 aliphatic carbocycles. The second kappa shape index (κ2) is 11.8. The molecule has 7 heteroatoms. The Morgan fingerprint density at radius 1 is 1.14 bits per heavy atom. The normalized spacial score (nSPS) is 15.7. The van der Waals surface area contributed by atoms with E-state index >= 15 is 4.39 Å². The molecule has 1 aliphatic rings. The second-order valence-corrected chi connectivity index (χ2v) is 9.46. The lowest BCUT2D eigenvalue weighted by atomic mass is 9.89. The van der Waals surface area contributed by atoms with Gasteiger partial charge in [-0.25, -0.2) is 14.4 Å². The molecule has 6 nitrogen and oxygen atoms in total. The molecule has 3 aromatic rings. The molecule has 0 amide bonds. The number of benzene rings is 1. The Morgan fingerprint density at radius 3 is 2.64 bits per heavy atom. The van der Waals surface area contributed by atoms with Crippen LogP contribution in [0.3, 0.4) is 0 Å². The van der Waals surface area contributed by atoms with E-state index in [1.165, 1.54) is 36.6 Å². The number of rotatable bonds is 9. The number of nitrogens with zero attached hydrogens (tertiary/aromatic N) is 4. The van der Waals surface area contributed by atoms with Gasteiger partial charge in [0.15, 0.2) is 5.82 Å².